The number of alkyl halides is 1. The largest absolute Gasteiger partial charge is 0.467 e. The van der Waals surface area contributed by atoms with Crippen molar-refractivity contribution in [2.24, 2.45) is 0 Å². The highest BCUT2D eigenvalue weighted by atomic mass is 35.5. The molecule has 0 bridgehead atoms. The third kappa shape index (κ3) is 3.52. The van der Waals surface area contributed by atoms with Crippen LogP contribution in [0.2, 0.25) is 5.02 Å². The van der Waals surface area contributed by atoms with Crippen LogP contribution in [-0.4, -0.2) is 28.7 Å². The molecule has 1 rings (SSSR count). The number of rotatable bonds is 5. The average molecular weight is 253 g/mol. The highest BCUT2D eigenvalue weighted by Crippen LogP contribution is 2.26. The van der Waals surface area contributed by atoms with Crippen LogP contribution in [0.4, 0.5) is 0 Å². The summed E-state index contributed by atoms with van der Waals surface area (Å²) in [6, 6.07) is 0.336. The van der Waals surface area contributed by atoms with Gasteiger partial charge in [0.2, 0.25) is 0 Å². The Morgan fingerprint density at radius 3 is 3.00 bits per heavy atom. The number of aromatic nitrogens is 2. The summed E-state index contributed by atoms with van der Waals surface area (Å²) < 4.78 is 4.90. The van der Waals surface area contributed by atoms with Crippen molar-refractivity contribution in [3.8, 4) is 6.01 Å². The summed E-state index contributed by atoms with van der Waals surface area (Å²) in [6.07, 6.45) is 2.46. The lowest BCUT2D eigenvalue weighted by Crippen LogP contribution is -1.94. The highest BCUT2D eigenvalue weighted by Gasteiger charge is 2.05. The highest BCUT2D eigenvalue weighted by molar-refractivity contribution is 7.99. The van der Waals surface area contributed by atoms with Crippen LogP contribution in [0.15, 0.2) is 11.2 Å². The van der Waals surface area contributed by atoms with E-state index in [0.29, 0.717) is 16.9 Å². The van der Waals surface area contributed by atoms with E-state index < -0.39 is 0 Å². The molecular weight excluding hydrogens is 243 g/mol. The average Bonchev–Trinajstić information content (AvgIpc) is 2.21. The maximum Gasteiger partial charge on any atom is 0.317 e. The van der Waals surface area contributed by atoms with E-state index in [1.54, 1.807) is 11.8 Å². The second kappa shape index (κ2) is 6.32. The lowest BCUT2D eigenvalue weighted by Gasteiger charge is -2.03. The molecule has 78 valence electrons. The summed E-state index contributed by atoms with van der Waals surface area (Å²) in [5, 5.41) is 1.29. The van der Waals surface area contributed by atoms with Crippen LogP contribution in [0.5, 0.6) is 6.01 Å². The van der Waals surface area contributed by atoms with Gasteiger partial charge in [-0.3, -0.25) is 0 Å². The van der Waals surface area contributed by atoms with Crippen molar-refractivity contribution in [3.63, 3.8) is 0 Å². The third-order valence-corrected chi connectivity index (χ3v) is 3.12. The number of hydrogen-bond donors (Lipinski definition) is 0. The molecular formula is C8H10Cl2N2OS. The Morgan fingerprint density at radius 2 is 2.36 bits per heavy atom. The second-order valence-electron chi connectivity index (χ2n) is 2.40. The summed E-state index contributed by atoms with van der Waals surface area (Å²) in [4.78, 5) is 8.00. The predicted octanol–water partition coefficient (Wildman–Crippen LogP) is 2.86. The number of ether oxygens (including phenoxy) is 1. The minimum atomic E-state index is 0.336. The SMILES string of the molecule is COc1ncc(Cl)c(SCCCCl)n1. The van der Waals surface area contributed by atoms with E-state index in [0.717, 1.165) is 17.2 Å². The molecule has 0 unspecified atom stereocenters. The van der Waals surface area contributed by atoms with Gasteiger partial charge in [-0.05, 0) is 6.42 Å². The molecule has 3 nitrogen and oxygen atoms in total. The fraction of sp³-hybridized carbons (Fsp3) is 0.500. The molecule has 14 heavy (non-hydrogen) atoms. The molecule has 0 fully saturated rings. The van der Waals surface area contributed by atoms with Crippen molar-refractivity contribution in [2.45, 2.75) is 11.4 Å². The molecule has 0 aliphatic rings. The molecule has 0 amide bonds. The smallest absolute Gasteiger partial charge is 0.317 e. The first-order valence-corrected chi connectivity index (χ1v) is 5.93. The fourth-order valence-electron chi connectivity index (χ4n) is 0.759. The monoisotopic (exact) mass is 252 g/mol. The van der Waals surface area contributed by atoms with E-state index in [-0.39, 0.29) is 0 Å². The number of halogens is 2. The zero-order chi connectivity index (χ0) is 10.4. The standard InChI is InChI=1S/C8H10Cl2N2OS/c1-13-8-11-5-6(10)7(12-8)14-4-2-3-9/h5H,2-4H2,1H3. The first-order valence-electron chi connectivity index (χ1n) is 4.03. The van der Waals surface area contributed by atoms with Crippen LogP contribution in [0.1, 0.15) is 6.42 Å². The molecule has 0 N–H and O–H groups in total. The molecule has 0 aliphatic carbocycles. The van der Waals surface area contributed by atoms with Gasteiger partial charge in [-0.2, -0.15) is 4.98 Å². The van der Waals surface area contributed by atoms with Gasteiger partial charge in [-0.1, -0.05) is 11.6 Å². The summed E-state index contributed by atoms with van der Waals surface area (Å²) >= 11 is 13.0. The first kappa shape index (κ1) is 11.9. The molecule has 0 aromatic carbocycles. The summed E-state index contributed by atoms with van der Waals surface area (Å²) in [5.41, 5.74) is 0. The van der Waals surface area contributed by atoms with E-state index in [4.69, 9.17) is 27.9 Å². The van der Waals surface area contributed by atoms with E-state index >= 15 is 0 Å². The molecule has 0 aliphatic heterocycles. The van der Waals surface area contributed by atoms with Gasteiger partial charge in [0.15, 0.2) is 0 Å². The van der Waals surface area contributed by atoms with Crippen molar-refractivity contribution in [3.05, 3.63) is 11.2 Å². The number of nitrogens with zero attached hydrogens (tertiary/aromatic N) is 2. The minimum absolute atomic E-state index is 0.336. The molecule has 0 saturated heterocycles. The molecule has 0 spiro atoms. The summed E-state index contributed by atoms with van der Waals surface area (Å²) in [6.45, 7) is 0. The number of thioether (sulfide) groups is 1. The Bertz CT molecular complexity index is 299. The van der Waals surface area contributed by atoms with Crippen molar-refractivity contribution < 1.29 is 4.74 Å². The molecule has 6 heteroatoms. The third-order valence-electron chi connectivity index (χ3n) is 1.39. The van der Waals surface area contributed by atoms with Gasteiger partial charge in [0.1, 0.15) is 5.03 Å². The number of hydrogen-bond acceptors (Lipinski definition) is 4. The van der Waals surface area contributed by atoms with Gasteiger partial charge in [0, 0.05) is 11.6 Å². The van der Waals surface area contributed by atoms with Crippen LogP contribution < -0.4 is 4.74 Å². The van der Waals surface area contributed by atoms with Gasteiger partial charge in [-0.25, -0.2) is 4.98 Å². The minimum Gasteiger partial charge on any atom is -0.467 e. The Morgan fingerprint density at radius 1 is 1.57 bits per heavy atom. The number of methoxy groups -OCH3 is 1. The van der Waals surface area contributed by atoms with Gasteiger partial charge in [0.25, 0.3) is 0 Å². The molecule has 1 heterocycles. The normalized spacial score (nSPS) is 10.2. The van der Waals surface area contributed by atoms with Crippen molar-refractivity contribution >= 4 is 35.0 Å². The molecule has 1 aromatic heterocycles. The zero-order valence-electron chi connectivity index (χ0n) is 7.67. The molecule has 1 aromatic rings. The fourth-order valence-corrected chi connectivity index (χ4v) is 2.12. The first-order chi connectivity index (χ1) is 6.77. The molecule has 0 atom stereocenters. The maximum absolute atomic E-state index is 5.90. The van der Waals surface area contributed by atoms with E-state index in [1.165, 1.54) is 13.3 Å². The topological polar surface area (TPSA) is 35.0 Å². The Hall–Kier alpha value is -0.190. The summed E-state index contributed by atoms with van der Waals surface area (Å²) in [5.74, 6) is 1.54. The van der Waals surface area contributed by atoms with Crippen LogP contribution in [0.25, 0.3) is 0 Å². The second-order valence-corrected chi connectivity index (χ2v) is 4.27. The van der Waals surface area contributed by atoms with E-state index in [2.05, 4.69) is 9.97 Å². The van der Waals surface area contributed by atoms with Gasteiger partial charge in [0.05, 0.1) is 18.3 Å². The van der Waals surface area contributed by atoms with Gasteiger partial charge < -0.3 is 4.74 Å². The van der Waals surface area contributed by atoms with Crippen molar-refractivity contribution in [1.82, 2.24) is 9.97 Å². The maximum atomic E-state index is 5.90. The van der Waals surface area contributed by atoms with Crippen LogP contribution in [0.3, 0.4) is 0 Å². The zero-order valence-corrected chi connectivity index (χ0v) is 9.99. The summed E-state index contributed by atoms with van der Waals surface area (Å²) in [7, 11) is 1.52. The van der Waals surface area contributed by atoms with Crippen molar-refractivity contribution in [2.75, 3.05) is 18.7 Å². The Kier molecular flexibility index (Phi) is 5.37. The van der Waals surface area contributed by atoms with Gasteiger partial charge >= 0.3 is 6.01 Å². The van der Waals surface area contributed by atoms with E-state index in [9.17, 15) is 0 Å². The van der Waals surface area contributed by atoms with Crippen LogP contribution in [-0.2, 0) is 0 Å². The quantitative estimate of drug-likeness (QED) is 0.350. The van der Waals surface area contributed by atoms with Crippen LogP contribution >= 0.6 is 35.0 Å². The molecule has 0 radical (unpaired) electrons. The van der Waals surface area contributed by atoms with E-state index in [1.807, 2.05) is 0 Å². The van der Waals surface area contributed by atoms with Gasteiger partial charge in [-0.15, -0.1) is 23.4 Å². The lowest BCUT2D eigenvalue weighted by atomic mass is 10.6. The molecule has 0 saturated carbocycles. The Labute approximate surface area is 97.2 Å². The predicted molar refractivity (Wildman–Crippen MR) is 59.7 cm³/mol. The lowest BCUT2D eigenvalue weighted by molar-refractivity contribution is 0.376. The Balaban J connectivity index is 2.64. The van der Waals surface area contributed by atoms with Crippen molar-refractivity contribution in [1.29, 1.82) is 0 Å². The van der Waals surface area contributed by atoms with Crippen LogP contribution in [0, 0.1) is 0 Å².